The predicted molar refractivity (Wildman–Crippen MR) is 101 cm³/mol. The van der Waals surface area contributed by atoms with Crippen LogP contribution >= 0.6 is 11.6 Å². The van der Waals surface area contributed by atoms with Crippen molar-refractivity contribution < 1.29 is 18.3 Å². The number of hydrogen-bond acceptors (Lipinski definition) is 4. The molecule has 0 unspecified atom stereocenters. The zero-order valence-corrected chi connectivity index (χ0v) is 16.1. The van der Waals surface area contributed by atoms with E-state index in [-0.39, 0.29) is 27.8 Å². The lowest BCUT2D eigenvalue weighted by Crippen LogP contribution is -2.13. The Morgan fingerprint density at radius 1 is 1.16 bits per heavy atom. The number of sulfonamides is 1. The highest BCUT2D eigenvalue weighted by Crippen LogP contribution is 2.34. The van der Waals surface area contributed by atoms with E-state index in [1.54, 1.807) is 0 Å². The van der Waals surface area contributed by atoms with Gasteiger partial charge in [0, 0.05) is 11.4 Å². The van der Waals surface area contributed by atoms with Gasteiger partial charge in [-0.2, -0.15) is 0 Å². The number of phenolic OH excluding ortho intramolecular Hbond substituents is 1. The number of nitrogens with one attached hydrogen (secondary N) is 1. The van der Waals surface area contributed by atoms with Crippen molar-refractivity contribution in [2.45, 2.75) is 57.8 Å². The van der Waals surface area contributed by atoms with Crippen molar-refractivity contribution >= 4 is 33.1 Å². The fourth-order valence-corrected chi connectivity index (χ4v) is 4.16. The Hall–Kier alpha value is -1.27. The second kappa shape index (κ2) is 8.90. The minimum Gasteiger partial charge on any atom is -0.505 e. The highest BCUT2D eigenvalue weighted by atomic mass is 35.5. The van der Waals surface area contributed by atoms with Crippen LogP contribution in [0, 0.1) is 5.92 Å². The minimum absolute atomic E-state index is 0.0622. The van der Waals surface area contributed by atoms with E-state index in [0.717, 1.165) is 31.9 Å². The Labute approximate surface area is 154 Å². The SMILES string of the molecule is CS(=O)(=O)Nc1cc(Cl)cc(C(=O)CC2CCCCCCCC2)c1O. The molecule has 0 aliphatic heterocycles. The fraction of sp³-hybridized carbons (Fsp3) is 0.611. The number of ketones is 1. The first-order valence-corrected chi connectivity index (χ1v) is 11.1. The summed E-state index contributed by atoms with van der Waals surface area (Å²) in [6.07, 6.45) is 10.5. The lowest BCUT2D eigenvalue weighted by molar-refractivity contribution is 0.0953. The molecular formula is C18H26ClNO4S. The summed E-state index contributed by atoms with van der Waals surface area (Å²) in [7, 11) is -3.58. The van der Waals surface area contributed by atoms with Gasteiger partial charge in [-0.05, 0) is 18.1 Å². The number of phenols is 1. The predicted octanol–water partition coefficient (Wildman–Crippen LogP) is 4.74. The largest absolute Gasteiger partial charge is 0.505 e. The van der Waals surface area contributed by atoms with Gasteiger partial charge in [0.05, 0.1) is 17.5 Å². The number of benzene rings is 1. The van der Waals surface area contributed by atoms with E-state index in [4.69, 9.17) is 11.6 Å². The van der Waals surface area contributed by atoms with Crippen LogP contribution in [0.3, 0.4) is 0 Å². The number of Topliss-reactive ketones (excluding diaryl/α,β-unsaturated/α-hetero) is 1. The molecule has 2 rings (SSSR count). The Bertz CT molecular complexity index is 708. The standard InChI is InChI=1S/C18H26ClNO4S/c1-25(23,24)20-16-12-14(19)11-15(18(16)22)17(21)10-13-8-6-4-2-3-5-7-9-13/h11-13,20,22H,2-10H2,1H3. The van der Waals surface area contributed by atoms with Crippen LogP contribution < -0.4 is 4.72 Å². The maximum atomic E-state index is 12.7. The summed E-state index contributed by atoms with van der Waals surface area (Å²) in [4.78, 5) is 12.7. The number of hydrogen-bond donors (Lipinski definition) is 2. The summed E-state index contributed by atoms with van der Waals surface area (Å²) in [5.74, 6) is -0.251. The second-order valence-electron chi connectivity index (χ2n) is 6.92. The van der Waals surface area contributed by atoms with Gasteiger partial charge in [0.2, 0.25) is 10.0 Å². The van der Waals surface area contributed by atoms with Gasteiger partial charge >= 0.3 is 0 Å². The molecule has 0 atom stereocenters. The number of anilines is 1. The van der Waals surface area contributed by atoms with Crippen molar-refractivity contribution in [3.63, 3.8) is 0 Å². The highest BCUT2D eigenvalue weighted by Gasteiger charge is 2.21. The quantitative estimate of drug-likeness (QED) is 0.564. The maximum Gasteiger partial charge on any atom is 0.229 e. The molecule has 1 aromatic rings. The monoisotopic (exact) mass is 387 g/mol. The van der Waals surface area contributed by atoms with Gasteiger partial charge in [-0.15, -0.1) is 0 Å². The number of halogens is 1. The number of aromatic hydroxyl groups is 1. The Balaban J connectivity index is 2.17. The van der Waals surface area contributed by atoms with Crippen LogP contribution in [0.5, 0.6) is 5.75 Å². The van der Waals surface area contributed by atoms with Gasteiger partial charge in [-0.3, -0.25) is 9.52 Å². The first-order valence-electron chi connectivity index (χ1n) is 8.80. The maximum absolute atomic E-state index is 12.7. The molecule has 5 nitrogen and oxygen atoms in total. The summed E-state index contributed by atoms with van der Waals surface area (Å²) < 4.78 is 25.0. The molecule has 0 spiro atoms. The van der Waals surface area contributed by atoms with Crippen LogP contribution in [0.15, 0.2) is 12.1 Å². The third-order valence-electron chi connectivity index (χ3n) is 4.62. The van der Waals surface area contributed by atoms with Crippen LogP contribution in [0.2, 0.25) is 5.02 Å². The van der Waals surface area contributed by atoms with E-state index in [9.17, 15) is 18.3 Å². The summed E-state index contributed by atoms with van der Waals surface area (Å²) in [6.45, 7) is 0. The Morgan fingerprint density at radius 2 is 1.72 bits per heavy atom. The molecule has 0 radical (unpaired) electrons. The van der Waals surface area contributed by atoms with Crippen LogP contribution in [0.25, 0.3) is 0 Å². The second-order valence-corrected chi connectivity index (χ2v) is 9.10. The molecular weight excluding hydrogens is 362 g/mol. The zero-order chi connectivity index (χ0) is 18.4. The topological polar surface area (TPSA) is 83.5 Å². The smallest absolute Gasteiger partial charge is 0.229 e. The van der Waals surface area contributed by atoms with E-state index >= 15 is 0 Å². The van der Waals surface area contributed by atoms with Gasteiger partial charge in [-0.1, -0.05) is 63.0 Å². The lowest BCUT2D eigenvalue weighted by Gasteiger charge is -2.16. The molecule has 2 N–H and O–H groups in total. The van der Waals surface area contributed by atoms with Crippen LogP contribution in [0.4, 0.5) is 5.69 Å². The van der Waals surface area contributed by atoms with Gasteiger partial charge < -0.3 is 5.11 Å². The van der Waals surface area contributed by atoms with E-state index in [1.807, 2.05) is 0 Å². The Kier molecular flexibility index (Phi) is 7.14. The molecule has 1 saturated carbocycles. The van der Waals surface area contributed by atoms with E-state index in [1.165, 1.54) is 37.8 Å². The molecule has 0 saturated heterocycles. The molecule has 1 aromatic carbocycles. The first kappa shape index (κ1) is 20.0. The van der Waals surface area contributed by atoms with Crippen molar-refractivity contribution in [1.82, 2.24) is 0 Å². The molecule has 0 amide bonds. The summed E-state index contributed by atoms with van der Waals surface area (Å²) in [6, 6.07) is 2.70. The highest BCUT2D eigenvalue weighted by molar-refractivity contribution is 7.92. The molecule has 0 aromatic heterocycles. The van der Waals surface area contributed by atoms with E-state index in [0.29, 0.717) is 12.3 Å². The average molecular weight is 388 g/mol. The molecule has 1 aliphatic rings. The third-order valence-corrected chi connectivity index (χ3v) is 5.43. The van der Waals surface area contributed by atoms with Crippen molar-refractivity contribution in [2.75, 3.05) is 11.0 Å². The van der Waals surface area contributed by atoms with Crippen LogP contribution in [0.1, 0.15) is 68.1 Å². The number of rotatable bonds is 5. The molecule has 0 heterocycles. The van der Waals surface area contributed by atoms with Crippen molar-refractivity contribution in [3.8, 4) is 5.75 Å². The summed E-state index contributed by atoms with van der Waals surface area (Å²) >= 11 is 6.01. The number of carbonyl (C=O) groups excluding carboxylic acids is 1. The first-order chi connectivity index (χ1) is 11.8. The van der Waals surface area contributed by atoms with Crippen LogP contribution in [-0.4, -0.2) is 25.6 Å². The normalized spacial score (nSPS) is 17.4. The van der Waals surface area contributed by atoms with Crippen molar-refractivity contribution in [2.24, 2.45) is 5.92 Å². The molecule has 25 heavy (non-hydrogen) atoms. The molecule has 1 aliphatic carbocycles. The van der Waals surface area contributed by atoms with Crippen molar-refractivity contribution in [3.05, 3.63) is 22.7 Å². The summed E-state index contributed by atoms with van der Waals surface area (Å²) in [5.41, 5.74) is 0.0198. The van der Waals surface area contributed by atoms with Gasteiger partial charge in [0.15, 0.2) is 11.5 Å². The van der Waals surface area contributed by atoms with Crippen LogP contribution in [-0.2, 0) is 10.0 Å². The third kappa shape index (κ3) is 6.51. The van der Waals surface area contributed by atoms with E-state index in [2.05, 4.69) is 4.72 Å². The zero-order valence-electron chi connectivity index (χ0n) is 14.6. The van der Waals surface area contributed by atoms with Crippen molar-refractivity contribution in [1.29, 1.82) is 0 Å². The van der Waals surface area contributed by atoms with Gasteiger partial charge in [-0.25, -0.2) is 8.42 Å². The Morgan fingerprint density at radius 3 is 2.28 bits per heavy atom. The lowest BCUT2D eigenvalue weighted by atomic mass is 9.89. The molecule has 7 heteroatoms. The van der Waals surface area contributed by atoms with E-state index < -0.39 is 10.0 Å². The molecule has 140 valence electrons. The fourth-order valence-electron chi connectivity index (χ4n) is 3.38. The van der Waals surface area contributed by atoms with Gasteiger partial charge in [0.1, 0.15) is 0 Å². The molecule has 1 fully saturated rings. The molecule has 0 bridgehead atoms. The minimum atomic E-state index is -3.58. The average Bonchev–Trinajstić information content (AvgIpc) is 2.63. The summed E-state index contributed by atoms with van der Waals surface area (Å²) in [5, 5.41) is 10.5. The number of carbonyl (C=O) groups is 1. The van der Waals surface area contributed by atoms with Gasteiger partial charge in [0.25, 0.3) is 0 Å².